The highest BCUT2D eigenvalue weighted by Gasteiger charge is 2.59. The monoisotopic (exact) mass is 200 g/mol. The molecule has 1 aromatic rings. The van der Waals surface area contributed by atoms with E-state index in [-0.39, 0.29) is 0 Å². The topological polar surface area (TPSA) is 0 Å². The molecular formula is C11H11F3. The predicted molar refractivity (Wildman–Crippen MR) is 47.9 cm³/mol. The van der Waals surface area contributed by atoms with Crippen molar-refractivity contribution in [2.75, 3.05) is 0 Å². The zero-order chi connectivity index (χ0) is 10.4. The molecule has 1 aromatic carbocycles. The maximum absolute atomic E-state index is 13.3. The normalized spacial score (nSPS) is 19.4. The molecule has 0 radical (unpaired) electrons. The van der Waals surface area contributed by atoms with Crippen LogP contribution in [-0.2, 0) is 5.41 Å². The summed E-state index contributed by atoms with van der Waals surface area (Å²) in [5.41, 5.74) is -0.681. The Bertz CT molecular complexity index is 348. The smallest absolute Gasteiger partial charge is 0.207 e. The van der Waals surface area contributed by atoms with Crippen molar-refractivity contribution in [3.8, 4) is 0 Å². The first-order valence-corrected chi connectivity index (χ1v) is 4.60. The molecule has 1 aliphatic carbocycles. The molecule has 0 spiro atoms. The van der Waals surface area contributed by atoms with Gasteiger partial charge in [-0.1, -0.05) is 12.1 Å². The molecule has 0 aromatic heterocycles. The molecule has 1 aliphatic rings. The Morgan fingerprint density at radius 3 is 2.36 bits per heavy atom. The van der Waals surface area contributed by atoms with E-state index in [4.69, 9.17) is 0 Å². The number of hydrogen-bond acceptors (Lipinski definition) is 0. The van der Waals surface area contributed by atoms with Crippen LogP contribution in [-0.4, -0.2) is 5.92 Å². The molecule has 0 N–H and O–H groups in total. The van der Waals surface area contributed by atoms with Gasteiger partial charge in [0.2, 0.25) is 0 Å². The van der Waals surface area contributed by atoms with Crippen molar-refractivity contribution >= 4 is 0 Å². The lowest BCUT2D eigenvalue weighted by molar-refractivity contribution is -0.0200. The quantitative estimate of drug-likeness (QED) is 0.685. The van der Waals surface area contributed by atoms with Crippen molar-refractivity contribution in [3.63, 3.8) is 0 Å². The molecule has 76 valence electrons. The Morgan fingerprint density at radius 1 is 1.29 bits per heavy atom. The molecule has 0 atom stereocenters. The predicted octanol–water partition coefficient (Wildman–Crippen LogP) is 3.51. The molecule has 14 heavy (non-hydrogen) atoms. The molecule has 0 heterocycles. The van der Waals surface area contributed by atoms with E-state index >= 15 is 0 Å². The van der Waals surface area contributed by atoms with Crippen molar-refractivity contribution in [3.05, 3.63) is 35.6 Å². The Morgan fingerprint density at radius 2 is 1.93 bits per heavy atom. The summed E-state index contributed by atoms with van der Waals surface area (Å²) in [5, 5.41) is 0. The van der Waals surface area contributed by atoms with E-state index in [9.17, 15) is 13.2 Å². The van der Waals surface area contributed by atoms with Gasteiger partial charge in [0.25, 0.3) is 5.92 Å². The Balaban J connectivity index is 2.41. The molecule has 3 heteroatoms. The fraction of sp³-hybridized carbons (Fsp3) is 0.455. The van der Waals surface area contributed by atoms with E-state index < -0.39 is 17.2 Å². The van der Waals surface area contributed by atoms with Crippen LogP contribution >= 0.6 is 0 Å². The number of alkyl halides is 2. The average molecular weight is 200 g/mol. The van der Waals surface area contributed by atoms with Gasteiger partial charge in [0.1, 0.15) is 5.82 Å². The summed E-state index contributed by atoms with van der Waals surface area (Å²) in [6, 6.07) is 5.54. The van der Waals surface area contributed by atoms with E-state index in [0.29, 0.717) is 18.4 Å². The molecule has 0 unspecified atom stereocenters. The number of rotatable bonds is 2. The van der Waals surface area contributed by atoms with Gasteiger partial charge >= 0.3 is 0 Å². The fourth-order valence-electron chi connectivity index (χ4n) is 1.89. The van der Waals surface area contributed by atoms with Gasteiger partial charge in [-0.15, -0.1) is 0 Å². The zero-order valence-corrected chi connectivity index (χ0v) is 7.86. The molecule has 0 saturated heterocycles. The molecule has 1 saturated carbocycles. The lowest BCUT2D eigenvalue weighted by Crippen LogP contribution is -2.30. The first-order valence-electron chi connectivity index (χ1n) is 4.60. The van der Waals surface area contributed by atoms with Crippen LogP contribution in [0.1, 0.15) is 25.3 Å². The first kappa shape index (κ1) is 9.56. The maximum atomic E-state index is 13.3. The summed E-state index contributed by atoms with van der Waals surface area (Å²) in [5.74, 6) is -3.21. The Labute approximate surface area is 80.7 Å². The molecule has 0 bridgehead atoms. The van der Waals surface area contributed by atoms with Crippen LogP contribution in [0.5, 0.6) is 0 Å². The van der Waals surface area contributed by atoms with Crippen LogP contribution in [0, 0.1) is 5.82 Å². The van der Waals surface area contributed by atoms with Gasteiger partial charge < -0.3 is 0 Å². The van der Waals surface area contributed by atoms with E-state index in [2.05, 4.69) is 0 Å². The van der Waals surface area contributed by atoms with Gasteiger partial charge in [-0.2, -0.15) is 0 Å². The van der Waals surface area contributed by atoms with Gasteiger partial charge in [-0.25, -0.2) is 13.2 Å². The first-order chi connectivity index (χ1) is 6.46. The minimum Gasteiger partial charge on any atom is -0.207 e. The highest BCUT2D eigenvalue weighted by molar-refractivity contribution is 5.34. The zero-order valence-electron chi connectivity index (χ0n) is 7.86. The summed E-state index contributed by atoms with van der Waals surface area (Å²) >= 11 is 0. The van der Waals surface area contributed by atoms with Crippen molar-refractivity contribution in [2.24, 2.45) is 0 Å². The molecule has 0 amide bonds. The van der Waals surface area contributed by atoms with E-state index in [1.54, 1.807) is 6.07 Å². The van der Waals surface area contributed by atoms with Crippen LogP contribution in [0.3, 0.4) is 0 Å². The van der Waals surface area contributed by atoms with Crippen molar-refractivity contribution < 1.29 is 13.2 Å². The minimum atomic E-state index is -2.76. The molecule has 0 aliphatic heterocycles. The molecule has 0 nitrogen and oxygen atoms in total. The lowest BCUT2D eigenvalue weighted by Gasteiger charge is -2.23. The van der Waals surface area contributed by atoms with Gasteiger partial charge in [0.05, 0.1) is 5.41 Å². The van der Waals surface area contributed by atoms with Gasteiger partial charge in [-0.05, 0) is 30.5 Å². The molecular weight excluding hydrogens is 189 g/mol. The summed E-state index contributed by atoms with van der Waals surface area (Å²) in [7, 11) is 0. The number of halogens is 3. The number of hydrogen-bond donors (Lipinski definition) is 0. The highest BCUT2D eigenvalue weighted by Crippen LogP contribution is 2.57. The average Bonchev–Trinajstić information content (AvgIpc) is 2.82. The van der Waals surface area contributed by atoms with Gasteiger partial charge in [0, 0.05) is 6.92 Å². The summed E-state index contributed by atoms with van der Waals surface area (Å²) in [6.07, 6.45) is 0.889. The van der Waals surface area contributed by atoms with Crippen LogP contribution < -0.4 is 0 Å². The summed E-state index contributed by atoms with van der Waals surface area (Å²) < 4.78 is 39.4. The third-order valence-corrected chi connectivity index (χ3v) is 2.97. The standard InChI is InChI=1S/C11H11F3/c1-10(13,14)11(5-6-11)8-3-2-4-9(12)7-8/h2-4,7H,5-6H2,1H3. The van der Waals surface area contributed by atoms with Crippen molar-refractivity contribution in [2.45, 2.75) is 31.1 Å². The SMILES string of the molecule is CC(F)(F)C1(c2cccc(F)c2)CC1. The van der Waals surface area contributed by atoms with Crippen LogP contribution in [0.2, 0.25) is 0 Å². The second kappa shape index (κ2) is 2.75. The molecule has 2 rings (SSSR count). The van der Waals surface area contributed by atoms with Crippen LogP contribution in [0.25, 0.3) is 0 Å². The van der Waals surface area contributed by atoms with E-state index in [1.807, 2.05) is 0 Å². The second-order valence-corrected chi connectivity index (χ2v) is 3.98. The van der Waals surface area contributed by atoms with Gasteiger partial charge in [-0.3, -0.25) is 0 Å². The Hall–Kier alpha value is -0.990. The Kier molecular flexibility index (Phi) is 1.88. The van der Waals surface area contributed by atoms with Gasteiger partial charge in [0.15, 0.2) is 0 Å². The molecule has 1 fully saturated rings. The van der Waals surface area contributed by atoms with Crippen molar-refractivity contribution in [1.82, 2.24) is 0 Å². The largest absolute Gasteiger partial charge is 0.254 e. The van der Waals surface area contributed by atoms with Crippen molar-refractivity contribution in [1.29, 1.82) is 0 Å². The second-order valence-electron chi connectivity index (χ2n) is 3.98. The third-order valence-electron chi connectivity index (χ3n) is 2.97. The van der Waals surface area contributed by atoms with Crippen LogP contribution in [0.4, 0.5) is 13.2 Å². The van der Waals surface area contributed by atoms with E-state index in [1.165, 1.54) is 18.2 Å². The highest BCUT2D eigenvalue weighted by atomic mass is 19.3. The minimum absolute atomic E-state index is 0.421. The fourth-order valence-corrected chi connectivity index (χ4v) is 1.89. The van der Waals surface area contributed by atoms with E-state index in [0.717, 1.165) is 6.92 Å². The summed E-state index contributed by atoms with van der Waals surface area (Å²) in [6.45, 7) is 0.908. The maximum Gasteiger partial charge on any atom is 0.254 e. The third kappa shape index (κ3) is 1.31. The lowest BCUT2D eigenvalue weighted by atomic mass is 9.90. The number of benzene rings is 1. The summed E-state index contributed by atoms with van der Waals surface area (Å²) in [4.78, 5) is 0. The van der Waals surface area contributed by atoms with Crippen LogP contribution in [0.15, 0.2) is 24.3 Å².